The molecule has 1 fully saturated rings. The van der Waals surface area contributed by atoms with Gasteiger partial charge in [-0.25, -0.2) is 9.97 Å². The second kappa shape index (κ2) is 5.93. The topological polar surface area (TPSA) is 29.0 Å². The van der Waals surface area contributed by atoms with Gasteiger partial charge < -0.3 is 0 Å². The third-order valence-electron chi connectivity index (χ3n) is 3.74. The van der Waals surface area contributed by atoms with Crippen molar-refractivity contribution in [3.05, 3.63) is 60.2 Å². The number of hydrogen-bond donors (Lipinski definition) is 0. The highest BCUT2D eigenvalue weighted by atomic mass is 15.1. The Morgan fingerprint density at radius 3 is 2.63 bits per heavy atom. The van der Waals surface area contributed by atoms with Crippen molar-refractivity contribution in [2.24, 2.45) is 0 Å². The standard InChI is InChI=1S/C16H18N3/c1-2-5-14(6-3-1)13-19-11-7-15(8-12-19)16-17-9-4-10-18-16/h1-6,9,15H,7-8,11-13H2. The Bertz CT molecular complexity index is 490. The molecule has 1 aromatic heterocycles. The first-order valence-corrected chi connectivity index (χ1v) is 6.87. The fourth-order valence-electron chi connectivity index (χ4n) is 2.67. The number of nitrogens with zero attached hydrogens (tertiary/aromatic N) is 3. The van der Waals surface area contributed by atoms with Crippen LogP contribution in [0.4, 0.5) is 0 Å². The molecule has 0 unspecified atom stereocenters. The van der Waals surface area contributed by atoms with Gasteiger partial charge in [0.25, 0.3) is 0 Å². The van der Waals surface area contributed by atoms with Crippen molar-refractivity contribution in [1.29, 1.82) is 0 Å². The SMILES string of the molecule is [c]1ccnc(C2CCN(Cc3ccccc3)CC2)n1. The highest BCUT2D eigenvalue weighted by Crippen LogP contribution is 2.25. The summed E-state index contributed by atoms with van der Waals surface area (Å²) >= 11 is 0. The second-order valence-electron chi connectivity index (χ2n) is 5.08. The van der Waals surface area contributed by atoms with Crippen LogP contribution in [0.5, 0.6) is 0 Å². The summed E-state index contributed by atoms with van der Waals surface area (Å²) in [6, 6.07) is 12.4. The van der Waals surface area contributed by atoms with Gasteiger partial charge in [-0.05, 0) is 37.6 Å². The number of likely N-dealkylation sites (tertiary alicyclic amines) is 1. The van der Waals surface area contributed by atoms with E-state index in [9.17, 15) is 0 Å². The Hall–Kier alpha value is -1.74. The van der Waals surface area contributed by atoms with Crippen LogP contribution in [0, 0.1) is 6.20 Å². The summed E-state index contributed by atoms with van der Waals surface area (Å²) in [5.74, 6) is 1.46. The average molecular weight is 252 g/mol. The molecule has 3 heteroatoms. The van der Waals surface area contributed by atoms with Crippen LogP contribution in [0.3, 0.4) is 0 Å². The van der Waals surface area contributed by atoms with E-state index >= 15 is 0 Å². The van der Waals surface area contributed by atoms with E-state index in [1.165, 1.54) is 5.56 Å². The maximum Gasteiger partial charge on any atom is 0.132 e. The van der Waals surface area contributed by atoms with Crippen molar-refractivity contribution in [2.75, 3.05) is 13.1 Å². The first-order chi connectivity index (χ1) is 9.42. The summed E-state index contributed by atoms with van der Waals surface area (Å²) in [5.41, 5.74) is 1.39. The molecule has 2 aromatic rings. The Morgan fingerprint density at radius 1 is 1.16 bits per heavy atom. The molecular formula is C16H18N3. The van der Waals surface area contributed by atoms with Crippen LogP contribution >= 0.6 is 0 Å². The van der Waals surface area contributed by atoms with E-state index in [2.05, 4.69) is 51.4 Å². The van der Waals surface area contributed by atoms with Gasteiger partial charge in [-0.3, -0.25) is 4.90 Å². The smallest absolute Gasteiger partial charge is 0.132 e. The molecule has 0 N–H and O–H groups in total. The van der Waals surface area contributed by atoms with Gasteiger partial charge in [-0.15, -0.1) is 0 Å². The highest BCUT2D eigenvalue weighted by Gasteiger charge is 2.22. The number of piperidine rings is 1. The van der Waals surface area contributed by atoms with Crippen molar-refractivity contribution in [2.45, 2.75) is 25.3 Å². The Morgan fingerprint density at radius 2 is 1.95 bits per heavy atom. The van der Waals surface area contributed by atoms with Gasteiger partial charge in [0.05, 0.1) is 6.20 Å². The lowest BCUT2D eigenvalue weighted by Gasteiger charge is -2.31. The maximum atomic E-state index is 4.35. The number of rotatable bonds is 3. The van der Waals surface area contributed by atoms with Crippen molar-refractivity contribution < 1.29 is 0 Å². The van der Waals surface area contributed by atoms with Crippen LogP contribution in [-0.4, -0.2) is 28.0 Å². The van der Waals surface area contributed by atoms with E-state index in [-0.39, 0.29) is 0 Å². The number of aromatic nitrogens is 2. The van der Waals surface area contributed by atoms with Crippen molar-refractivity contribution in [1.82, 2.24) is 14.9 Å². The number of hydrogen-bond acceptors (Lipinski definition) is 3. The van der Waals surface area contributed by atoms with E-state index in [0.717, 1.165) is 38.3 Å². The summed E-state index contributed by atoms with van der Waals surface area (Å²) in [6.45, 7) is 3.30. The molecule has 3 nitrogen and oxygen atoms in total. The summed E-state index contributed by atoms with van der Waals surface area (Å²) in [6.07, 6.45) is 6.96. The lowest BCUT2D eigenvalue weighted by molar-refractivity contribution is 0.201. The molecule has 19 heavy (non-hydrogen) atoms. The van der Waals surface area contributed by atoms with Crippen LogP contribution in [0.15, 0.2) is 42.6 Å². The normalized spacial score (nSPS) is 17.5. The van der Waals surface area contributed by atoms with Crippen molar-refractivity contribution in [3.63, 3.8) is 0 Å². The molecule has 0 aliphatic carbocycles. The molecular weight excluding hydrogens is 234 g/mol. The molecule has 0 spiro atoms. The first-order valence-electron chi connectivity index (χ1n) is 6.87. The Balaban J connectivity index is 1.55. The minimum Gasteiger partial charge on any atom is -0.299 e. The quantitative estimate of drug-likeness (QED) is 0.841. The molecule has 0 saturated carbocycles. The molecule has 0 atom stereocenters. The van der Waals surface area contributed by atoms with Crippen molar-refractivity contribution in [3.8, 4) is 0 Å². The van der Waals surface area contributed by atoms with Gasteiger partial charge in [-0.2, -0.15) is 0 Å². The second-order valence-corrected chi connectivity index (χ2v) is 5.08. The lowest BCUT2D eigenvalue weighted by Crippen LogP contribution is -2.32. The Labute approximate surface area is 114 Å². The molecule has 1 aliphatic heterocycles. The minimum absolute atomic E-state index is 0.504. The van der Waals surface area contributed by atoms with Gasteiger partial charge in [-0.1, -0.05) is 30.3 Å². The number of benzene rings is 1. The van der Waals surface area contributed by atoms with Gasteiger partial charge >= 0.3 is 0 Å². The molecule has 1 saturated heterocycles. The fourth-order valence-corrected chi connectivity index (χ4v) is 2.67. The average Bonchev–Trinajstić information content (AvgIpc) is 2.50. The fraction of sp³-hybridized carbons (Fsp3) is 0.375. The summed E-state index contributed by atoms with van der Waals surface area (Å²) < 4.78 is 0. The van der Waals surface area contributed by atoms with Gasteiger partial charge in [0.2, 0.25) is 0 Å². The third-order valence-corrected chi connectivity index (χ3v) is 3.74. The summed E-state index contributed by atoms with van der Waals surface area (Å²) in [4.78, 5) is 11.1. The van der Waals surface area contributed by atoms with E-state index in [1.807, 2.05) is 0 Å². The molecule has 1 aromatic carbocycles. The zero-order valence-electron chi connectivity index (χ0n) is 11.0. The molecule has 1 radical (unpaired) electrons. The molecule has 1 aliphatic rings. The highest BCUT2D eigenvalue weighted by molar-refractivity contribution is 5.14. The van der Waals surface area contributed by atoms with Crippen LogP contribution in [0.2, 0.25) is 0 Å². The van der Waals surface area contributed by atoms with E-state index in [1.54, 1.807) is 12.3 Å². The zero-order valence-corrected chi connectivity index (χ0v) is 11.0. The Kier molecular flexibility index (Phi) is 3.84. The molecule has 2 heterocycles. The van der Waals surface area contributed by atoms with Crippen LogP contribution in [0.1, 0.15) is 30.1 Å². The van der Waals surface area contributed by atoms with Gasteiger partial charge in [0.15, 0.2) is 0 Å². The molecule has 97 valence electrons. The zero-order chi connectivity index (χ0) is 12.9. The van der Waals surface area contributed by atoms with E-state index in [4.69, 9.17) is 0 Å². The monoisotopic (exact) mass is 252 g/mol. The minimum atomic E-state index is 0.504. The molecule has 0 bridgehead atoms. The van der Waals surface area contributed by atoms with E-state index < -0.39 is 0 Å². The summed E-state index contributed by atoms with van der Waals surface area (Å²) in [7, 11) is 0. The van der Waals surface area contributed by atoms with Gasteiger partial charge in [0, 0.05) is 18.7 Å². The van der Waals surface area contributed by atoms with Crippen LogP contribution in [0.25, 0.3) is 0 Å². The third kappa shape index (κ3) is 3.18. The van der Waals surface area contributed by atoms with E-state index in [0.29, 0.717) is 5.92 Å². The molecule has 3 rings (SSSR count). The van der Waals surface area contributed by atoms with Crippen LogP contribution < -0.4 is 0 Å². The predicted octanol–water partition coefficient (Wildman–Crippen LogP) is 2.66. The molecule has 0 amide bonds. The summed E-state index contributed by atoms with van der Waals surface area (Å²) in [5, 5.41) is 0. The predicted molar refractivity (Wildman–Crippen MR) is 74.6 cm³/mol. The lowest BCUT2D eigenvalue weighted by atomic mass is 9.95. The van der Waals surface area contributed by atoms with Crippen LogP contribution in [-0.2, 0) is 6.54 Å². The maximum absolute atomic E-state index is 4.35. The van der Waals surface area contributed by atoms with Gasteiger partial charge in [0.1, 0.15) is 5.82 Å². The first kappa shape index (κ1) is 12.3. The largest absolute Gasteiger partial charge is 0.299 e. The van der Waals surface area contributed by atoms with Crippen molar-refractivity contribution >= 4 is 0 Å².